The number of rotatable bonds is 1. The molecule has 0 saturated carbocycles. The molecule has 0 amide bonds. The van der Waals surface area contributed by atoms with Gasteiger partial charge in [0.1, 0.15) is 13.9 Å². The van der Waals surface area contributed by atoms with Gasteiger partial charge in [-0.1, -0.05) is 37.7 Å². The van der Waals surface area contributed by atoms with Gasteiger partial charge in [0.2, 0.25) is 0 Å². The Morgan fingerprint density at radius 1 is 1.13 bits per heavy atom. The van der Waals surface area contributed by atoms with Gasteiger partial charge in [0, 0.05) is 0 Å². The van der Waals surface area contributed by atoms with Gasteiger partial charge in [-0.15, -0.1) is 5.54 Å². The molecule has 0 aliphatic rings. The summed E-state index contributed by atoms with van der Waals surface area (Å²) in [5.41, 5.74) is 4.20. The van der Waals surface area contributed by atoms with E-state index in [1.807, 2.05) is 12.2 Å². The Bertz CT molecular complexity index is 399. The minimum Gasteiger partial charge on any atom is -0.207 e. The van der Waals surface area contributed by atoms with Crippen molar-refractivity contribution in [2.75, 3.05) is 0 Å². The summed E-state index contributed by atoms with van der Waals surface area (Å²) in [6, 6.07) is 6.38. The lowest BCUT2D eigenvalue weighted by atomic mass is 10.2. The predicted octanol–water partition coefficient (Wildman–Crippen LogP) is 3.72. The molecule has 1 rings (SSSR count). The van der Waals surface area contributed by atoms with E-state index in [0.29, 0.717) is 0 Å². The van der Waals surface area contributed by atoms with E-state index in [0.717, 1.165) is 5.56 Å². The van der Waals surface area contributed by atoms with Crippen LogP contribution in [0.3, 0.4) is 0 Å². The van der Waals surface area contributed by atoms with Crippen LogP contribution in [0.5, 0.6) is 0 Å². The first-order chi connectivity index (χ1) is 6.97. The monoisotopic (exact) mass is 218 g/mol. The lowest BCUT2D eigenvalue weighted by Crippen LogP contribution is -2.16. The van der Waals surface area contributed by atoms with E-state index < -0.39 is 8.07 Å². The fourth-order valence-electron chi connectivity index (χ4n) is 0.970. The predicted molar refractivity (Wildman–Crippen MR) is 66.6 cm³/mol. The van der Waals surface area contributed by atoms with Crippen molar-refractivity contribution in [1.82, 2.24) is 0 Å². The van der Waals surface area contributed by atoms with Crippen molar-refractivity contribution in [3.05, 3.63) is 41.7 Å². The first-order valence-corrected chi connectivity index (χ1v) is 8.42. The Hall–Kier alpha value is -1.33. The second-order valence-electron chi connectivity index (χ2n) is 4.40. The normalized spacial score (nSPS) is 11.2. The van der Waals surface area contributed by atoms with E-state index in [-0.39, 0.29) is 5.82 Å². The van der Waals surface area contributed by atoms with Crippen molar-refractivity contribution < 1.29 is 4.39 Å². The molecular weight excluding hydrogens is 203 g/mol. The average Bonchev–Trinajstić information content (AvgIpc) is 2.14. The van der Waals surface area contributed by atoms with E-state index in [1.165, 1.54) is 12.1 Å². The highest BCUT2D eigenvalue weighted by molar-refractivity contribution is 6.83. The Kier molecular flexibility index (Phi) is 3.87. The minimum atomic E-state index is -1.28. The molecule has 0 aliphatic carbocycles. The van der Waals surface area contributed by atoms with Crippen LogP contribution in [0.15, 0.2) is 30.3 Å². The standard InChI is InChI=1S/C13H15FSi/c1-15(2,3)11-5-4-6-12-7-9-13(14)10-8-12/h4,6-10H,1-3H3/b6-4+. The van der Waals surface area contributed by atoms with Gasteiger partial charge in [-0.3, -0.25) is 0 Å². The Morgan fingerprint density at radius 2 is 1.73 bits per heavy atom. The van der Waals surface area contributed by atoms with Crippen molar-refractivity contribution >= 4 is 14.1 Å². The van der Waals surface area contributed by atoms with Gasteiger partial charge < -0.3 is 0 Å². The molecule has 78 valence electrons. The summed E-state index contributed by atoms with van der Waals surface area (Å²) < 4.78 is 12.6. The van der Waals surface area contributed by atoms with Crippen LogP contribution in [-0.2, 0) is 0 Å². The largest absolute Gasteiger partial charge is 0.207 e. The fraction of sp³-hybridized carbons (Fsp3) is 0.231. The molecule has 0 fully saturated rings. The number of hydrogen-bond donors (Lipinski definition) is 0. The maximum Gasteiger partial charge on any atom is 0.129 e. The van der Waals surface area contributed by atoms with Crippen LogP contribution in [0, 0.1) is 17.3 Å². The second kappa shape index (κ2) is 4.95. The van der Waals surface area contributed by atoms with E-state index in [2.05, 4.69) is 31.1 Å². The average molecular weight is 218 g/mol. The third kappa shape index (κ3) is 5.19. The fourth-order valence-corrected chi connectivity index (χ4v) is 1.49. The number of allylic oxidation sites excluding steroid dienone is 1. The van der Waals surface area contributed by atoms with E-state index >= 15 is 0 Å². The van der Waals surface area contributed by atoms with Gasteiger partial charge in [0.15, 0.2) is 0 Å². The van der Waals surface area contributed by atoms with Crippen LogP contribution >= 0.6 is 0 Å². The molecule has 0 radical (unpaired) electrons. The van der Waals surface area contributed by atoms with E-state index in [4.69, 9.17) is 0 Å². The zero-order valence-electron chi connectivity index (χ0n) is 9.34. The first kappa shape index (κ1) is 11.7. The quantitative estimate of drug-likeness (QED) is 0.498. The van der Waals surface area contributed by atoms with Crippen LogP contribution in [0.2, 0.25) is 19.6 Å². The van der Waals surface area contributed by atoms with Gasteiger partial charge in [-0.2, -0.15) is 0 Å². The Balaban J connectivity index is 2.65. The van der Waals surface area contributed by atoms with Gasteiger partial charge in [-0.05, 0) is 29.8 Å². The van der Waals surface area contributed by atoms with Crippen molar-refractivity contribution in [2.24, 2.45) is 0 Å². The summed E-state index contributed by atoms with van der Waals surface area (Å²) in [6.07, 6.45) is 3.72. The maximum atomic E-state index is 12.6. The summed E-state index contributed by atoms with van der Waals surface area (Å²) in [7, 11) is -1.28. The zero-order chi connectivity index (χ0) is 11.3. The molecule has 0 unspecified atom stereocenters. The van der Waals surface area contributed by atoms with Gasteiger partial charge in [0.05, 0.1) is 0 Å². The van der Waals surface area contributed by atoms with Crippen LogP contribution in [0.1, 0.15) is 5.56 Å². The van der Waals surface area contributed by atoms with Crippen LogP contribution in [0.4, 0.5) is 4.39 Å². The number of halogens is 1. The highest BCUT2D eigenvalue weighted by atomic mass is 28.3. The van der Waals surface area contributed by atoms with Crippen molar-refractivity contribution in [1.29, 1.82) is 0 Å². The lowest BCUT2D eigenvalue weighted by molar-refractivity contribution is 0.628. The highest BCUT2D eigenvalue weighted by Gasteiger charge is 2.06. The Morgan fingerprint density at radius 3 is 2.27 bits per heavy atom. The molecule has 0 bridgehead atoms. The molecule has 0 nitrogen and oxygen atoms in total. The van der Waals surface area contributed by atoms with Crippen LogP contribution < -0.4 is 0 Å². The third-order valence-corrected chi connectivity index (χ3v) is 2.57. The van der Waals surface area contributed by atoms with Crippen molar-refractivity contribution in [3.8, 4) is 11.5 Å². The highest BCUT2D eigenvalue weighted by Crippen LogP contribution is 2.04. The van der Waals surface area contributed by atoms with E-state index in [1.54, 1.807) is 12.1 Å². The Labute approximate surface area is 91.8 Å². The molecule has 1 aromatic rings. The molecule has 1 aromatic carbocycles. The molecule has 0 aliphatic heterocycles. The van der Waals surface area contributed by atoms with Gasteiger partial charge in [0.25, 0.3) is 0 Å². The summed E-state index contributed by atoms with van der Waals surface area (Å²) in [5, 5.41) is 0. The van der Waals surface area contributed by atoms with Crippen LogP contribution in [0.25, 0.3) is 6.08 Å². The zero-order valence-corrected chi connectivity index (χ0v) is 10.3. The summed E-state index contributed by atoms with van der Waals surface area (Å²) in [5.74, 6) is 2.82. The first-order valence-electron chi connectivity index (χ1n) is 4.92. The SMILES string of the molecule is C[Si](C)(C)C#C/C=C/c1ccc(F)cc1. The topological polar surface area (TPSA) is 0 Å². The summed E-state index contributed by atoms with van der Waals surface area (Å²) >= 11 is 0. The molecule has 0 aromatic heterocycles. The number of benzene rings is 1. The van der Waals surface area contributed by atoms with E-state index in [9.17, 15) is 4.39 Å². The smallest absolute Gasteiger partial charge is 0.129 e. The summed E-state index contributed by atoms with van der Waals surface area (Å²) in [4.78, 5) is 0. The molecular formula is C13H15FSi. The lowest BCUT2D eigenvalue weighted by Gasteiger charge is -2.02. The molecule has 0 heterocycles. The molecule has 0 saturated heterocycles. The van der Waals surface area contributed by atoms with Crippen molar-refractivity contribution in [2.45, 2.75) is 19.6 Å². The second-order valence-corrected chi connectivity index (χ2v) is 9.15. The third-order valence-electron chi connectivity index (χ3n) is 1.68. The van der Waals surface area contributed by atoms with Gasteiger partial charge in [-0.25, -0.2) is 4.39 Å². The van der Waals surface area contributed by atoms with Crippen molar-refractivity contribution in [3.63, 3.8) is 0 Å². The summed E-state index contributed by atoms with van der Waals surface area (Å²) in [6.45, 7) is 6.60. The minimum absolute atomic E-state index is 0.208. The molecule has 0 N–H and O–H groups in total. The number of hydrogen-bond acceptors (Lipinski definition) is 0. The van der Waals surface area contributed by atoms with Gasteiger partial charge >= 0.3 is 0 Å². The molecule has 15 heavy (non-hydrogen) atoms. The van der Waals surface area contributed by atoms with Crippen LogP contribution in [-0.4, -0.2) is 8.07 Å². The maximum absolute atomic E-state index is 12.6. The molecule has 0 atom stereocenters. The molecule has 0 spiro atoms. The molecule has 2 heteroatoms.